The van der Waals surface area contributed by atoms with Gasteiger partial charge in [0.2, 0.25) is 5.95 Å². The largest absolute Gasteiger partial charge is 0.478 e. The summed E-state index contributed by atoms with van der Waals surface area (Å²) < 4.78 is 0. The van der Waals surface area contributed by atoms with Crippen LogP contribution in [0.15, 0.2) is 18.2 Å². The Morgan fingerprint density at radius 2 is 2.16 bits per heavy atom. The average molecular weight is 259 g/mol. The second-order valence-electron chi connectivity index (χ2n) is 5.27. The van der Waals surface area contributed by atoms with Crippen molar-refractivity contribution >= 4 is 23.0 Å². The highest BCUT2D eigenvalue weighted by Gasteiger charge is 2.18. The number of piperidine rings is 1. The molecule has 0 atom stereocenters. The highest BCUT2D eigenvalue weighted by atomic mass is 16.4. The van der Waals surface area contributed by atoms with Crippen LogP contribution in [0, 0.1) is 5.92 Å². The fourth-order valence-corrected chi connectivity index (χ4v) is 2.50. The van der Waals surface area contributed by atoms with Crippen molar-refractivity contribution in [3.8, 4) is 0 Å². The normalized spacial score (nSPS) is 17.0. The minimum atomic E-state index is -0.912. The van der Waals surface area contributed by atoms with Gasteiger partial charge in [-0.2, -0.15) is 0 Å². The Kier molecular flexibility index (Phi) is 2.89. The number of rotatable bonds is 2. The van der Waals surface area contributed by atoms with E-state index >= 15 is 0 Å². The summed E-state index contributed by atoms with van der Waals surface area (Å²) in [6.07, 6.45) is 2.36. The molecule has 0 saturated carbocycles. The fraction of sp³-hybridized carbons (Fsp3) is 0.429. The summed E-state index contributed by atoms with van der Waals surface area (Å²) in [5.41, 5.74) is 1.89. The van der Waals surface area contributed by atoms with E-state index in [0.717, 1.165) is 36.0 Å². The number of hydrogen-bond acceptors (Lipinski definition) is 3. The van der Waals surface area contributed by atoms with Gasteiger partial charge in [-0.15, -0.1) is 0 Å². The van der Waals surface area contributed by atoms with Gasteiger partial charge in [-0.1, -0.05) is 6.92 Å². The number of nitrogens with zero attached hydrogens (tertiary/aromatic N) is 2. The Morgan fingerprint density at radius 3 is 2.84 bits per heavy atom. The van der Waals surface area contributed by atoms with Gasteiger partial charge in [0.25, 0.3) is 0 Å². The predicted octanol–water partition coefficient (Wildman–Crippen LogP) is 2.50. The molecule has 2 N–H and O–H groups in total. The Morgan fingerprint density at radius 1 is 1.42 bits per heavy atom. The molecule has 2 aromatic rings. The zero-order valence-electron chi connectivity index (χ0n) is 10.9. The van der Waals surface area contributed by atoms with E-state index in [2.05, 4.69) is 21.8 Å². The standard InChI is InChI=1S/C14H17N3O2/c1-9-4-6-17(7-5-9)14-15-11-3-2-10(13(18)19)8-12(11)16-14/h2-3,8-9H,4-7H2,1H3,(H,15,16)(H,18,19). The lowest BCUT2D eigenvalue weighted by Gasteiger charge is -2.29. The summed E-state index contributed by atoms with van der Waals surface area (Å²) in [6.45, 7) is 4.29. The first-order valence-corrected chi connectivity index (χ1v) is 6.61. The van der Waals surface area contributed by atoms with Crippen LogP contribution in [0.2, 0.25) is 0 Å². The van der Waals surface area contributed by atoms with Crippen LogP contribution in [0.1, 0.15) is 30.1 Å². The molecule has 0 amide bonds. The van der Waals surface area contributed by atoms with E-state index in [0.29, 0.717) is 0 Å². The number of carboxylic acids is 1. The van der Waals surface area contributed by atoms with Crippen molar-refractivity contribution in [2.24, 2.45) is 5.92 Å². The number of carboxylic acid groups (broad SMARTS) is 1. The van der Waals surface area contributed by atoms with Crippen LogP contribution in [0.3, 0.4) is 0 Å². The summed E-state index contributed by atoms with van der Waals surface area (Å²) >= 11 is 0. The van der Waals surface area contributed by atoms with Crippen LogP contribution in [-0.2, 0) is 0 Å². The van der Waals surface area contributed by atoms with Gasteiger partial charge in [0, 0.05) is 13.1 Å². The second-order valence-corrected chi connectivity index (χ2v) is 5.27. The molecule has 5 heteroatoms. The molecule has 0 radical (unpaired) electrons. The number of benzene rings is 1. The summed E-state index contributed by atoms with van der Waals surface area (Å²) in [7, 11) is 0. The molecule has 5 nitrogen and oxygen atoms in total. The smallest absolute Gasteiger partial charge is 0.335 e. The molecule has 0 unspecified atom stereocenters. The zero-order valence-corrected chi connectivity index (χ0v) is 10.9. The van der Waals surface area contributed by atoms with Crippen molar-refractivity contribution in [3.05, 3.63) is 23.8 Å². The second kappa shape index (κ2) is 4.57. The predicted molar refractivity (Wildman–Crippen MR) is 73.7 cm³/mol. The lowest BCUT2D eigenvalue weighted by Crippen LogP contribution is -2.33. The van der Waals surface area contributed by atoms with Gasteiger partial charge in [-0.05, 0) is 37.0 Å². The fourth-order valence-electron chi connectivity index (χ4n) is 2.50. The molecular formula is C14H17N3O2. The molecule has 1 saturated heterocycles. The maximum absolute atomic E-state index is 10.9. The van der Waals surface area contributed by atoms with Gasteiger partial charge in [0.05, 0.1) is 16.6 Å². The highest BCUT2D eigenvalue weighted by Crippen LogP contribution is 2.23. The van der Waals surface area contributed by atoms with Gasteiger partial charge in [-0.3, -0.25) is 0 Å². The highest BCUT2D eigenvalue weighted by molar-refractivity contribution is 5.92. The first-order valence-electron chi connectivity index (χ1n) is 6.61. The van der Waals surface area contributed by atoms with E-state index in [4.69, 9.17) is 5.11 Å². The van der Waals surface area contributed by atoms with Crippen molar-refractivity contribution in [2.75, 3.05) is 18.0 Å². The minimum Gasteiger partial charge on any atom is -0.478 e. The molecule has 1 fully saturated rings. The Bertz CT molecular complexity index is 612. The van der Waals surface area contributed by atoms with Gasteiger partial charge < -0.3 is 15.0 Å². The third-order valence-electron chi connectivity index (χ3n) is 3.80. The molecule has 2 heterocycles. The number of hydrogen-bond donors (Lipinski definition) is 2. The summed E-state index contributed by atoms with van der Waals surface area (Å²) in [6, 6.07) is 4.99. The number of aromatic carboxylic acids is 1. The zero-order chi connectivity index (χ0) is 13.4. The number of fused-ring (bicyclic) bond motifs is 1. The summed E-state index contributed by atoms with van der Waals surface area (Å²) in [5, 5.41) is 8.98. The number of aromatic nitrogens is 2. The summed E-state index contributed by atoms with van der Waals surface area (Å²) in [4.78, 5) is 20.9. The maximum Gasteiger partial charge on any atom is 0.335 e. The topological polar surface area (TPSA) is 69.2 Å². The Hall–Kier alpha value is -2.04. The lowest BCUT2D eigenvalue weighted by atomic mass is 10.00. The van der Waals surface area contributed by atoms with E-state index < -0.39 is 5.97 Å². The molecule has 1 aliphatic heterocycles. The van der Waals surface area contributed by atoms with Crippen molar-refractivity contribution in [3.63, 3.8) is 0 Å². The van der Waals surface area contributed by atoms with Crippen molar-refractivity contribution < 1.29 is 9.90 Å². The van der Waals surface area contributed by atoms with Gasteiger partial charge in [0.1, 0.15) is 0 Å². The minimum absolute atomic E-state index is 0.287. The average Bonchev–Trinajstić information content (AvgIpc) is 2.82. The van der Waals surface area contributed by atoms with E-state index in [1.54, 1.807) is 18.2 Å². The third kappa shape index (κ3) is 2.28. The Labute approximate surface area is 111 Å². The number of imidazole rings is 1. The molecule has 100 valence electrons. The number of aromatic amines is 1. The van der Waals surface area contributed by atoms with Crippen molar-refractivity contribution in [1.29, 1.82) is 0 Å². The van der Waals surface area contributed by atoms with Crippen LogP contribution in [0.5, 0.6) is 0 Å². The van der Waals surface area contributed by atoms with Crippen LogP contribution in [0.25, 0.3) is 11.0 Å². The van der Waals surface area contributed by atoms with Crippen molar-refractivity contribution in [2.45, 2.75) is 19.8 Å². The quantitative estimate of drug-likeness (QED) is 0.869. The van der Waals surface area contributed by atoms with Crippen LogP contribution in [0.4, 0.5) is 5.95 Å². The van der Waals surface area contributed by atoms with Crippen LogP contribution >= 0.6 is 0 Å². The van der Waals surface area contributed by atoms with E-state index in [9.17, 15) is 4.79 Å². The van der Waals surface area contributed by atoms with E-state index in [1.807, 2.05) is 0 Å². The van der Waals surface area contributed by atoms with E-state index in [1.165, 1.54) is 12.8 Å². The number of nitrogens with one attached hydrogen (secondary N) is 1. The molecule has 0 bridgehead atoms. The SMILES string of the molecule is CC1CCN(c2nc3ccc(C(=O)O)cc3[nH]2)CC1. The lowest BCUT2D eigenvalue weighted by molar-refractivity contribution is 0.0697. The van der Waals surface area contributed by atoms with Crippen molar-refractivity contribution in [1.82, 2.24) is 9.97 Å². The molecule has 0 spiro atoms. The van der Waals surface area contributed by atoms with E-state index in [-0.39, 0.29) is 5.56 Å². The first kappa shape index (κ1) is 12.0. The Balaban J connectivity index is 1.91. The first-order chi connectivity index (χ1) is 9.13. The molecule has 1 aliphatic rings. The molecule has 19 heavy (non-hydrogen) atoms. The monoisotopic (exact) mass is 259 g/mol. The molecule has 1 aromatic carbocycles. The van der Waals surface area contributed by atoms with Crippen LogP contribution in [-0.4, -0.2) is 34.1 Å². The number of H-pyrrole nitrogens is 1. The molecule has 3 rings (SSSR count). The van der Waals surface area contributed by atoms with Gasteiger partial charge in [-0.25, -0.2) is 9.78 Å². The molecular weight excluding hydrogens is 242 g/mol. The molecule has 1 aromatic heterocycles. The summed E-state index contributed by atoms with van der Waals surface area (Å²) in [5.74, 6) is 0.716. The third-order valence-corrected chi connectivity index (χ3v) is 3.80. The van der Waals surface area contributed by atoms with Gasteiger partial charge in [0.15, 0.2) is 0 Å². The maximum atomic E-state index is 10.9. The number of carbonyl (C=O) groups is 1. The number of anilines is 1. The molecule has 0 aliphatic carbocycles. The van der Waals surface area contributed by atoms with Gasteiger partial charge >= 0.3 is 5.97 Å². The van der Waals surface area contributed by atoms with Crippen LogP contribution < -0.4 is 4.90 Å².